The zero-order chi connectivity index (χ0) is 13.1. The van der Waals surface area contributed by atoms with Crippen molar-refractivity contribution in [2.75, 3.05) is 6.54 Å². The lowest BCUT2D eigenvalue weighted by molar-refractivity contribution is -0.129. The summed E-state index contributed by atoms with van der Waals surface area (Å²) in [6.07, 6.45) is 0. The number of rotatable bonds is 4. The summed E-state index contributed by atoms with van der Waals surface area (Å²) in [6, 6.07) is 7.36. The summed E-state index contributed by atoms with van der Waals surface area (Å²) in [5, 5.41) is 3.58. The number of hydrogen-bond donors (Lipinski definition) is 2. The molecule has 0 radical (unpaired) electrons. The Bertz CT molecular complexity index is 404. The fraction of sp³-hybridized carbons (Fsp3) is 0.462. The fourth-order valence-corrected chi connectivity index (χ4v) is 1.69. The van der Waals surface area contributed by atoms with Crippen LogP contribution in [0.15, 0.2) is 24.3 Å². The van der Waals surface area contributed by atoms with E-state index < -0.39 is 5.41 Å². The highest BCUT2D eigenvalue weighted by atomic mass is 35.5. The molecule has 0 unspecified atom stereocenters. The van der Waals surface area contributed by atoms with Gasteiger partial charge in [-0.15, -0.1) is 0 Å². The van der Waals surface area contributed by atoms with E-state index in [0.717, 1.165) is 5.56 Å². The van der Waals surface area contributed by atoms with Crippen molar-refractivity contribution in [3.05, 3.63) is 34.9 Å². The van der Waals surface area contributed by atoms with Crippen molar-refractivity contribution in [3.8, 4) is 0 Å². The molecule has 0 aliphatic carbocycles. The Kier molecular flexibility index (Phi) is 4.54. The first-order valence-electron chi connectivity index (χ1n) is 5.64. The molecule has 0 heterocycles. The van der Waals surface area contributed by atoms with E-state index >= 15 is 0 Å². The molecule has 94 valence electrons. The van der Waals surface area contributed by atoms with Crippen LogP contribution in [-0.4, -0.2) is 12.5 Å². The number of hydrogen-bond acceptors (Lipinski definition) is 2. The zero-order valence-electron chi connectivity index (χ0n) is 10.5. The minimum atomic E-state index is -0.560. The van der Waals surface area contributed by atoms with Crippen LogP contribution in [0.1, 0.15) is 32.4 Å². The first-order chi connectivity index (χ1) is 7.88. The lowest BCUT2D eigenvalue weighted by Gasteiger charge is -2.24. The number of nitrogens with one attached hydrogen (secondary N) is 1. The van der Waals surface area contributed by atoms with Gasteiger partial charge in [-0.25, -0.2) is 0 Å². The molecule has 0 saturated heterocycles. The van der Waals surface area contributed by atoms with Crippen LogP contribution in [0.25, 0.3) is 0 Å². The van der Waals surface area contributed by atoms with E-state index in [0.29, 0.717) is 11.6 Å². The topological polar surface area (TPSA) is 55.1 Å². The molecule has 0 saturated carbocycles. The molecule has 0 fully saturated rings. The Morgan fingerprint density at radius 2 is 2.06 bits per heavy atom. The van der Waals surface area contributed by atoms with Crippen LogP contribution in [0.4, 0.5) is 0 Å². The minimum absolute atomic E-state index is 0.0626. The highest BCUT2D eigenvalue weighted by molar-refractivity contribution is 6.31. The van der Waals surface area contributed by atoms with Crippen LogP contribution in [-0.2, 0) is 4.79 Å². The quantitative estimate of drug-likeness (QED) is 0.868. The maximum absolute atomic E-state index is 12.0. The van der Waals surface area contributed by atoms with Gasteiger partial charge in [0.05, 0.1) is 11.5 Å². The van der Waals surface area contributed by atoms with Crippen LogP contribution in [0.2, 0.25) is 5.02 Å². The van der Waals surface area contributed by atoms with Crippen molar-refractivity contribution in [1.29, 1.82) is 0 Å². The summed E-state index contributed by atoms with van der Waals surface area (Å²) in [6.45, 7) is 5.86. The Balaban J connectivity index is 2.77. The van der Waals surface area contributed by atoms with Gasteiger partial charge < -0.3 is 11.1 Å². The van der Waals surface area contributed by atoms with Crippen LogP contribution < -0.4 is 11.1 Å². The molecule has 0 bridgehead atoms. The highest BCUT2D eigenvalue weighted by Crippen LogP contribution is 2.23. The molecule has 17 heavy (non-hydrogen) atoms. The predicted octanol–water partition coefficient (Wildman–Crippen LogP) is 2.50. The first-order valence-corrected chi connectivity index (χ1v) is 6.01. The molecule has 0 aliphatic heterocycles. The van der Waals surface area contributed by atoms with E-state index in [1.807, 2.05) is 45.0 Å². The lowest BCUT2D eigenvalue weighted by Crippen LogP contribution is -2.42. The molecule has 3 N–H and O–H groups in total. The maximum atomic E-state index is 12.0. The molecule has 3 nitrogen and oxygen atoms in total. The summed E-state index contributed by atoms with van der Waals surface area (Å²) in [4.78, 5) is 12.0. The van der Waals surface area contributed by atoms with E-state index in [-0.39, 0.29) is 11.9 Å². The van der Waals surface area contributed by atoms with Crippen LogP contribution >= 0.6 is 11.6 Å². The molecule has 1 amide bonds. The smallest absolute Gasteiger partial charge is 0.227 e. The van der Waals surface area contributed by atoms with Gasteiger partial charge in [-0.05, 0) is 32.4 Å². The van der Waals surface area contributed by atoms with Crippen molar-refractivity contribution in [3.63, 3.8) is 0 Å². The third kappa shape index (κ3) is 3.45. The average molecular weight is 255 g/mol. The molecular weight excluding hydrogens is 236 g/mol. The molecule has 0 aliphatic rings. The summed E-state index contributed by atoms with van der Waals surface area (Å²) in [5.74, 6) is -0.0626. The third-order valence-corrected chi connectivity index (χ3v) is 3.19. The van der Waals surface area contributed by atoms with E-state index in [2.05, 4.69) is 5.32 Å². The van der Waals surface area contributed by atoms with Crippen LogP contribution in [0.5, 0.6) is 0 Å². The lowest BCUT2D eigenvalue weighted by atomic mass is 9.92. The van der Waals surface area contributed by atoms with Gasteiger partial charge in [0.15, 0.2) is 0 Å². The van der Waals surface area contributed by atoms with Crippen molar-refractivity contribution in [1.82, 2.24) is 5.32 Å². The standard InChI is InChI=1S/C13H19ClN2O/c1-9(10-6-4-5-7-11(10)14)16-12(17)13(2,3)8-15/h4-7,9H,8,15H2,1-3H3,(H,16,17)/t9-/m0/s1. The number of amides is 1. The highest BCUT2D eigenvalue weighted by Gasteiger charge is 2.27. The van der Waals surface area contributed by atoms with Gasteiger partial charge in [-0.2, -0.15) is 0 Å². The Morgan fingerprint density at radius 3 is 2.59 bits per heavy atom. The molecule has 1 atom stereocenters. The molecule has 1 rings (SSSR count). The summed E-state index contributed by atoms with van der Waals surface area (Å²) in [7, 11) is 0. The largest absolute Gasteiger partial charge is 0.349 e. The van der Waals surface area contributed by atoms with Crippen LogP contribution in [0, 0.1) is 5.41 Å². The van der Waals surface area contributed by atoms with Gasteiger partial charge in [-0.1, -0.05) is 29.8 Å². The zero-order valence-corrected chi connectivity index (χ0v) is 11.2. The second-order valence-corrected chi connectivity index (χ2v) is 5.21. The van der Waals surface area contributed by atoms with Gasteiger partial charge in [-0.3, -0.25) is 4.79 Å². The number of benzene rings is 1. The molecule has 0 aromatic heterocycles. The van der Waals surface area contributed by atoms with Crippen molar-refractivity contribution in [2.45, 2.75) is 26.8 Å². The Labute approximate surface area is 107 Å². The van der Waals surface area contributed by atoms with Gasteiger partial charge in [0, 0.05) is 11.6 Å². The number of carbonyl (C=O) groups excluding carboxylic acids is 1. The second-order valence-electron chi connectivity index (χ2n) is 4.80. The van der Waals surface area contributed by atoms with E-state index in [1.54, 1.807) is 0 Å². The van der Waals surface area contributed by atoms with Gasteiger partial charge in [0.2, 0.25) is 5.91 Å². The van der Waals surface area contributed by atoms with Gasteiger partial charge in [0.25, 0.3) is 0 Å². The second kappa shape index (κ2) is 5.52. The summed E-state index contributed by atoms with van der Waals surface area (Å²) < 4.78 is 0. The van der Waals surface area contributed by atoms with E-state index in [4.69, 9.17) is 17.3 Å². The fourth-order valence-electron chi connectivity index (χ4n) is 1.39. The van der Waals surface area contributed by atoms with Crippen molar-refractivity contribution < 1.29 is 4.79 Å². The molecule has 4 heteroatoms. The van der Waals surface area contributed by atoms with Crippen molar-refractivity contribution in [2.24, 2.45) is 11.1 Å². The molecular formula is C13H19ClN2O. The van der Waals surface area contributed by atoms with E-state index in [1.165, 1.54) is 0 Å². The summed E-state index contributed by atoms with van der Waals surface area (Å²) in [5.41, 5.74) is 5.92. The van der Waals surface area contributed by atoms with Gasteiger partial charge >= 0.3 is 0 Å². The Morgan fingerprint density at radius 1 is 1.47 bits per heavy atom. The number of nitrogens with two attached hydrogens (primary N) is 1. The monoisotopic (exact) mass is 254 g/mol. The van der Waals surface area contributed by atoms with Crippen LogP contribution in [0.3, 0.4) is 0 Å². The predicted molar refractivity (Wildman–Crippen MR) is 70.8 cm³/mol. The first kappa shape index (κ1) is 14.0. The maximum Gasteiger partial charge on any atom is 0.227 e. The normalized spacial score (nSPS) is 13.2. The minimum Gasteiger partial charge on any atom is -0.349 e. The molecule has 1 aromatic carbocycles. The van der Waals surface area contributed by atoms with Crippen molar-refractivity contribution >= 4 is 17.5 Å². The third-order valence-electron chi connectivity index (χ3n) is 2.84. The van der Waals surface area contributed by atoms with Gasteiger partial charge in [0.1, 0.15) is 0 Å². The number of carbonyl (C=O) groups is 1. The summed E-state index contributed by atoms with van der Waals surface area (Å²) >= 11 is 6.07. The Hall–Kier alpha value is -1.06. The number of halogens is 1. The molecule has 1 aromatic rings. The SMILES string of the molecule is C[C@H](NC(=O)C(C)(C)CN)c1ccccc1Cl. The average Bonchev–Trinajstić information content (AvgIpc) is 2.29. The van der Waals surface area contributed by atoms with E-state index in [9.17, 15) is 4.79 Å². The molecule has 0 spiro atoms.